The van der Waals surface area contributed by atoms with Crippen molar-refractivity contribution >= 4 is 28.7 Å². The Morgan fingerprint density at radius 3 is 1.98 bits per heavy atom. The number of unbranched alkanes of at least 4 members (excludes halogenated alkanes) is 1. The van der Waals surface area contributed by atoms with E-state index in [0.717, 1.165) is 37.9 Å². The van der Waals surface area contributed by atoms with Gasteiger partial charge in [0.25, 0.3) is 8.32 Å². The van der Waals surface area contributed by atoms with Crippen molar-refractivity contribution < 1.29 is 17.6 Å². The molecule has 3 aromatic carbocycles. The predicted octanol–water partition coefficient (Wildman–Crippen LogP) is 4.72. The third-order valence-electron chi connectivity index (χ3n) is 7.92. The standard InChI is InChI=1S/C33H46N2O4SSi/c1-28-18-20-30(21-19-28)40(36,37)34-29(27-35-22-25-38-26-23-35)13-11-12-24-39-41(33(2,3)4,31-14-7-5-8-15-31)32-16-9-6-10-17-32/h5-10,14-21,29,34H,11-13,22-27H2,1-4H3. The molecular formula is C33H46N2O4SSi. The van der Waals surface area contributed by atoms with Crippen LogP contribution in [0.25, 0.3) is 0 Å². The van der Waals surface area contributed by atoms with Crippen molar-refractivity contribution in [2.45, 2.75) is 62.9 Å². The van der Waals surface area contributed by atoms with Gasteiger partial charge in [0.1, 0.15) is 0 Å². The number of morpholine rings is 1. The lowest BCUT2D eigenvalue weighted by Crippen LogP contribution is -2.66. The van der Waals surface area contributed by atoms with Gasteiger partial charge in [0.2, 0.25) is 10.0 Å². The van der Waals surface area contributed by atoms with Crippen LogP contribution in [0.5, 0.6) is 0 Å². The van der Waals surface area contributed by atoms with Crippen molar-refractivity contribution in [2.75, 3.05) is 39.5 Å². The molecule has 222 valence electrons. The van der Waals surface area contributed by atoms with Crippen molar-refractivity contribution in [2.24, 2.45) is 0 Å². The lowest BCUT2D eigenvalue weighted by molar-refractivity contribution is 0.0341. The minimum atomic E-state index is -3.62. The van der Waals surface area contributed by atoms with E-state index in [1.54, 1.807) is 12.1 Å². The summed E-state index contributed by atoms with van der Waals surface area (Å²) in [5.41, 5.74) is 1.04. The predicted molar refractivity (Wildman–Crippen MR) is 170 cm³/mol. The van der Waals surface area contributed by atoms with Gasteiger partial charge in [-0.25, -0.2) is 13.1 Å². The largest absolute Gasteiger partial charge is 0.407 e. The highest BCUT2D eigenvalue weighted by Gasteiger charge is 2.49. The van der Waals surface area contributed by atoms with Gasteiger partial charge in [0, 0.05) is 32.3 Å². The summed E-state index contributed by atoms with van der Waals surface area (Å²) in [5, 5.41) is 2.47. The Kier molecular flexibility index (Phi) is 11.0. The Morgan fingerprint density at radius 2 is 1.44 bits per heavy atom. The molecule has 0 aromatic heterocycles. The second-order valence-corrected chi connectivity index (χ2v) is 18.1. The molecule has 1 aliphatic rings. The number of sulfonamides is 1. The van der Waals surface area contributed by atoms with Gasteiger partial charge in [-0.15, -0.1) is 0 Å². The van der Waals surface area contributed by atoms with E-state index in [-0.39, 0.29) is 11.1 Å². The average molecular weight is 595 g/mol. The lowest BCUT2D eigenvalue weighted by atomic mass is 10.1. The molecule has 41 heavy (non-hydrogen) atoms. The normalized spacial score (nSPS) is 16.0. The summed E-state index contributed by atoms with van der Waals surface area (Å²) in [4.78, 5) is 2.61. The maximum atomic E-state index is 13.3. The molecule has 3 aromatic rings. The first kappa shape index (κ1) is 31.6. The smallest absolute Gasteiger partial charge is 0.261 e. The SMILES string of the molecule is Cc1ccc(S(=O)(=O)NC(CCCCO[Si](c2ccccc2)(c2ccccc2)C(C)(C)C)CN2CCOCC2)cc1. The van der Waals surface area contributed by atoms with Crippen LogP contribution < -0.4 is 15.1 Å². The van der Waals surface area contributed by atoms with Gasteiger partial charge in [-0.3, -0.25) is 4.90 Å². The molecule has 4 rings (SSSR count). The van der Waals surface area contributed by atoms with E-state index in [1.165, 1.54) is 10.4 Å². The molecule has 1 atom stereocenters. The summed E-state index contributed by atoms with van der Waals surface area (Å²) in [6.07, 6.45) is 2.46. The summed E-state index contributed by atoms with van der Waals surface area (Å²) in [6.45, 7) is 13.1. The van der Waals surface area contributed by atoms with Crippen LogP contribution in [0.4, 0.5) is 0 Å². The summed E-state index contributed by atoms with van der Waals surface area (Å²) in [6, 6.07) is 28.2. The zero-order chi connectivity index (χ0) is 29.3. The van der Waals surface area contributed by atoms with E-state index in [1.807, 2.05) is 19.1 Å². The van der Waals surface area contributed by atoms with Gasteiger partial charge >= 0.3 is 0 Å². The van der Waals surface area contributed by atoms with Crippen LogP contribution in [0, 0.1) is 6.92 Å². The fourth-order valence-corrected chi connectivity index (χ4v) is 11.6. The van der Waals surface area contributed by atoms with E-state index >= 15 is 0 Å². The van der Waals surface area contributed by atoms with Gasteiger partial charge in [-0.1, -0.05) is 99.1 Å². The summed E-state index contributed by atoms with van der Waals surface area (Å²) in [5.74, 6) is 0. The number of benzene rings is 3. The van der Waals surface area contributed by atoms with Crippen molar-refractivity contribution in [3.8, 4) is 0 Å². The highest BCUT2D eigenvalue weighted by Crippen LogP contribution is 2.36. The lowest BCUT2D eigenvalue weighted by Gasteiger charge is -2.43. The van der Waals surface area contributed by atoms with Crippen molar-refractivity contribution in [1.29, 1.82) is 0 Å². The first-order valence-electron chi connectivity index (χ1n) is 14.8. The molecule has 0 aliphatic carbocycles. The second kappa shape index (κ2) is 14.2. The Balaban J connectivity index is 1.46. The highest BCUT2D eigenvalue weighted by molar-refractivity contribution is 7.89. The van der Waals surface area contributed by atoms with Crippen LogP contribution in [0.15, 0.2) is 89.8 Å². The van der Waals surface area contributed by atoms with Crippen LogP contribution >= 0.6 is 0 Å². The van der Waals surface area contributed by atoms with Gasteiger partial charge in [0.15, 0.2) is 0 Å². The molecule has 0 radical (unpaired) electrons. The van der Waals surface area contributed by atoms with Crippen molar-refractivity contribution in [1.82, 2.24) is 9.62 Å². The van der Waals surface area contributed by atoms with Crippen LogP contribution in [0.1, 0.15) is 45.6 Å². The quantitative estimate of drug-likeness (QED) is 0.229. The number of ether oxygens (including phenoxy) is 1. The summed E-state index contributed by atoms with van der Waals surface area (Å²) < 4.78 is 42.1. The fraction of sp³-hybridized carbons (Fsp3) is 0.455. The monoisotopic (exact) mass is 594 g/mol. The van der Waals surface area contributed by atoms with Crippen LogP contribution in [0.2, 0.25) is 5.04 Å². The Hall–Kier alpha value is -2.33. The number of rotatable bonds is 13. The van der Waals surface area contributed by atoms with Crippen LogP contribution in [0.3, 0.4) is 0 Å². The summed E-state index contributed by atoms with van der Waals surface area (Å²) in [7, 11) is -6.20. The molecule has 1 aliphatic heterocycles. The Morgan fingerprint density at radius 1 is 0.878 bits per heavy atom. The summed E-state index contributed by atoms with van der Waals surface area (Å²) >= 11 is 0. The maximum Gasteiger partial charge on any atom is 0.261 e. The molecule has 1 heterocycles. The third-order valence-corrected chi connectivity index (χ3v) is 14.5. The number of hydrogen-bond donors (Lipinski definition) is 1. The topological polar surface area (TPSA) is 67.9 Å². The second-order valence-electron chi connectivity index (χ2n) is 12.1. The molecule has 0 bridgehead atoms. The zero-order valence-electron chi connectivity index (χ0n) is 25.0. The molecule has 1 N–H and O–H groups in total. The number of aryl methyl sites for hydroxylation is 1. The zero-order valence-corrected chi connectivity index (χ0v) is 26.8. The van der Waals surface area contributed by atoms with Crippen LogP contribution in [-0.2, 0) is 19.2 Å². The molecule has 0 spiro atoms. The molecular weight excluding hydrogens is 549 g/mol. The first-order valence-corrected chi connectivity index (χ1v) is 18.1. The van der Waals surface area contributed by atoms with Crippen molar-refractivity contribution in [3.63, 3.8) is 0 Å². The Labute approximate surface area is 248 Å². The van der Waals surface area contributed by atoms with Crippen LogP contribution in [-0.4, -0.2) is 67.1 Å². The van der Waals surface area contributed by atoms with E-state index in [0.29, 0.717) is 31.3 Å². The maximum absolute atomic E-state index is 13.3. The molecule has 1 unspecified atom stereocenters. The fourth-order valence-electron chi connectivity index (χ4n) is 5.77. The minimum Gasteiger partial charge on any atom is -0.407 e. The molecule has 1 fully saturated rings. The Bertz CT molecular complexity index is 1270. The molecule has 6 nitrogen and oxygen atoms in total. The first-order chi connectivity index (χ1) is 19.6. The van der Waals surface area contributed by atoms with E-state index < -0.39 is 18.3 Å². The number of nitrogens with zero attached hydrogens (tertiary/aromatic N) is 1. The number of nitrogens with one attached hydrogen (secondary N) is 1. The molecule has 8 heteroatoms. The van der Waals surface area contributed by atoms with Gasteiger partial charge < -0.3 is 9.16 Å². The van der Waals surface area contributed by atoms with Gasteiger partial charge in [-0.2, -0.15) is 0 Å². The minimum absolute atomic E-state index is 0.0712. The molecule has 0 amide bonds. The molecule has 0 saturated carbocycles. The average Bonchev–Trinajstić information content (AvgIpc) is 2.96. The third kappa shape index (κ3) is 8.15. The highest BCUT2D eigenvalue weighted by atomic mass is 32.2. The van der Waals surface area contributed by atoms with E-state index in [4.69, 9.17) is 9.16 Å². The molecule has 1 saturated heterocycles. The van der Waals surface area contributed by atoms with Crippen molar-refractivity contribution in [3.05, 3.63) is 90.5 Å². The number of hydrogen-bond acceptors (Lipinski definition) is 5. The van der Waals surface area contributed by atoms with E-state index in [9.17, 15) is 8.42 Å². The van der Waals surface area contributed by atoms with Gasteiger partial charge in [0.05, 0.1) is 18.1 Å². The van der Waals surface area contributed by atoms with Gasteiger partial charge in [-0.05, 0) is 53.7 Å². The van der Waals surface area contributed by atoms with E-state index in [2.05, 4.69) is 91.1 Å².